The van der Waals surface area contributed by atoms with Crippen LogP contribution in [0.4, 0.5) is 0 Å². The maximum absolute atomic E-state index is 12.6. The summed E-state index contributed by atoms with van der Waals surface area (Å²) >= 11 is 6.53. The van der Waals surface area contributed by atoms with E-state index in [1.165, 1.54) is 16.7 Å². The van der Waals surface area contributed by atoms with Crippen LogP contribution in [0, 0.1) is 0 Å². The Morgan fingerprint density at radius 1 is 1.35 bits per heavy atom. The summed E-state index contributed by atoms with van der Waals surface area (Å²) in [5.41, 5.74) is 0.774. The summed E-state index contributed by atoms with van der Waals surface area (Å²) < 4.78 is 11.2. The minimum atomic E-state index is -0.915. The van der Waals surface area contributed by atoms with E-state index in [1.807, 2.05) is 6.07 Å². The zero-order valence-corrected chi connectivity index (χ0v) is 15.2. The summed E-state index contributed by atoms with van der Waals surface area (Å²) in [6.07, 6.45) is 3.22. The van der Waals surface area contributed by atoms with E-state index in [2.05, 4.69) is 0 Å². The maximum Gasteiger partial charge on any atom is 0.306 e. The highest BCUT2D eigenvalue weighted by Crippen LogP contribution is 2.34. The highest BCUT2D eigenvalue weighted by molar-refractivity contribution is 8.26. The molecular weight excluding hydrogens is 374 g/mol. The number of amides is 1. The number of carbonyl (C=O) groups is 2. The number of benzene rings is 1. The molecule has 1 N–H and O–H groups in total. The Kier molecular flexibility index (Phi) is 5.75. The molecule has 0 saturated carbocycles. The number of nitrogens with zero attached hydrogens (tertiary/aromatic N) is 1. The third-order valence-electron chi connectivity index (χ3n) is 3.51. The lowest BCUT2D eigenvalue weighted by molar-refractivity contribution is -0.137. The van der Waals surface area contributed by atoms with Crippen molar-refractivity contribution in [3.63, 3.8) is 0 Å². The first-order chi connectivity index (χ1) is 12.5. The molecule has 1 amide bonds. The number of hydrogen-bond donors (Lipinski definition) is 1. The molecule has 0 spiro atoms. The number of carbonyl (C=O) groups excluding carboxylic acids is 1. The van der Waals surface area contributed by atoms with E-state index in [9.17, 15) is 9.59 Å². The van der Waals surface area contributed by atoms with Crippen LogP contribution in [0.3, 0.4) is 0 Å². The molecular formula is C18H15NO5S2. The Bertz CT molecular complexity index is 860. The van der Waals surface area contributed by atoms with Crippen molar-refractivity contribution in [1.82, 2.24) is 4.90 Å². The molecule has 2 aromatic rings. The molecule has 1 aromatic carbocycles. The molecule has 0 aliphatic carbocycles. The largest absolute Gasteiger partial charge is 0.493 e. The number of carboxylic acid groups (broad SMARTS) is 1. The Labute approximate surface area is 159 Å². The van der Waals surface area contributed by atoms with Gasteiger partial charge in [0.1, 0.15) is 15.8 Å². The van der Waals surface area contributed by atoms with Crippen molar-refractivity contribution in [2.45, 2.75) is 13.0 Å². The molecule has 1 aliphatic rings. The fraction of sp³-hybridized carbons (Fsp3) is 0.167. The monoisotopic (exact) mass is 389 g/mol. The van der Waals surface area contributed by atoms with Crippen molar-refractivity contribution in [1.29, 1.82) is 0 Å². The molecule has 0 radical (unpaired) electrons. The summed E-state index contributed by atoms with van der Waals surface area (Å²) in [6, 6.07) is 10.7. The molecule has 3 rings (SSSR count). The first kappa shape index (κ1) is 18.2. The van der Waals surface area contributed by atoms with Crippen LogP contribution < -0.4 is 4.74 Å². The van der Waals surface area contributed by atoms with Crippen LogP contribution in [-0.4, -0.2) is 32.8 Å². The standard InChI is InChI=1S/C18H15NO5S2/c20-16(21)6-8-24-13-4-1-3-12(9-13)10-15-17(22)19(18(25)26-15)11-14-5-2-7-23-14/h1-5,7,9-10H,6,8,11H2,(H,20,21)/b15-10+. The highest BCUT2D eigenvalue weighted by Gasteiger charge is 2.32. The van der Waals surface area contributed by atoms with Crippen LogP contribution >= 0.6 is 24.0 Å². The van der Waals surface area contributed by atoms with Crippen LogP contribution in [0.1, 0.15) is 17.7 Å². The van der Waals surface area contributed by atoms with Crippen molar-refractivity contribution in [3.8, 4) is 5.75 Å². The number of hydrogen-bond acceptors (Lipinski definition) is 6. The molecule has 1 fully saturated rings. The van der Waals surface area contributed by atoms with Gasteiger partial charge in [-0.25, -0.2) is 0 Å². The summed E-state index contributed by atoms with van der Waals surface area (Å²) in [5, 5.41) is 8.65. The number of thiocarbonyl (C=S) groups is 1. The van der Waals surface area contributed by atoms with E-state index < -0.39 is 5.97 Å². The van der Waals surface area contributed by atoms with Gasteiger partial charge in [0.25, 0.3) is 5.91 Å². The Morgan fingerprint density at radius 2 is 2.19 bits per heavy atom. The molecule has 1 saturated heterocycles. The van der Waals surface area contributed by atoms with Crippen LogP contribution in [-0.2, 0) is 16.1 Å². The van der Waals surface area contributed by atoms with Gasteiger partial charge >= 0.3 is 5.97 Å². The molecule has 0 unspecified atom stereocenters. The van der Waals surface area contributed by atoms with Gasteiger partial charge < -0.3 is 14.3 Å². The summed E-state index contributed by atoms with van der Waals surface area (Å²) in [4.78, 5) is 25.1. The van der Waals surface area contributed by atoms with Crippen molar-refractivity contribution < 1.29 is 23.8 Å². The first-order valence-electron chi connectivity index (χ1n) is 7.75. The molecule has 1 aromatic heterocycles. The van der Waals surface area contributed by atoms with Crippen LogP contribution in [0.15, 0.2) is 52.0 Å². The minimum absolute atomic E-state index is 0.0737. The van der Waals surface area contributed by atoms with Crippen molar-refractivity contribution in [2.24, 2.45) is 0 Å². The van der Waals surface area contributed by atoms with E-state index in [1.54, 1.807) is 42.7 Å². The lowest BCUT2D eigenvalue weighted by Crippen LogP contribution is -2.27. The Hall–Kier alpha value is -2.58. The average molecular weight is 389 g/mol. The zero-order chi connectivity index (χ0) is 18.5. The van der Waals surface area contributed by atoms with E-state index in [0.717, 1.165) is 5.56 Å². The third-order valence-corrected chi connectivity index (χ3v) is 4.89. The van der Waals surface area contributed by atoms with Gasteiger partial charge in [0.15, 0.2) is 0 Å². The average Bonchev–Trinajstić information content (AvgIpc) is 3.19. The van der Waals surface area contributed by atoms with Gasteiger partial charge in [0.2, 0.25) is 0 Å². The summed E-state index contributed by atoms with van der Waals surface area (Å²) in [6.45, 7) is 0.386. The third kappa shape index (κ3) is 4.53. The second-order valence-electron chi connectivity index (χ2n) is 5.41. The van der Waals surface area contributed by atoms with E-state index in [0.29, 0.717) is 27.3 Å². The fourth-order valence-electron chi connectivity index (χ4n) is 2.30. The van der Waals surface area contributed by atoms with Gasteiger partial charge in [0, 0.05) is 0 Å². The number of rotatable bonds is 7. The zero-order valence-electron chi connectivity index (χ0n) is 13.6. The smallest absolute Gasteiger partial charge is 0.306 e. The number of furan rings is 1. The molecule has 0 atom stereocenters. The molecule has 134 valence electrons. The lowest BCUT2D eigenvalue weighted by atomic mass is 10.2. The summed E-state index contributed by atoms with van der Waals surface area (Å²) in [5.74, 6) is 0.123. The van der Waals surface area contributed by atoms with Gasteiger partial charge in [-0.2, -0.15) is 0 Å². The van der Waals surface area contributed by atoms with Gasteiger partial charge in [-0.3, -0.25) is 14.5 Å². The first-order valence-corrected chi connectivity index (χ1v) is 8.98. The van der Waals surface area contributed by atoms with Crippen LogP contribution in [0.25, 0.3) is 6.08 Å². The fourth-order valence-corrected chi connectivity index (χ4v) is 3.55. The van der Waals surface area contributed by atoms with Gasteiger partial charge in [0.05, 0.1) is 30.7 Å². The molecule has 8 heteroatoms. The van der Waals surface area contributed by atoms with E-state index in [4.69, 9.17) is 26.5 Å². The molecule has 1 aliphatic heterocycles. The SMILES string of the molecule is O=C(O)CCOc1cccc(/C=C2/SC(=S)N(Cc3ccco3)C2=O)c1. The molecule has 2 heterocycles. The summed E-state index contributed by atoms with van der Waals surface area (Å²) in [7, 11) is 0. The topological polar surface area (TPSA) is 80.0 Å². The van der Waals surface area contributed by atoms with Crippen LogP contribution in [0.5, 0.6) is 5.75 Å². The Balaban J connectivity index is 1.70. The quantitative estimate of drug-likeness (QED) is 0.573. The number of aliphatic carboxylic acids is 1. The van der Waals surface area contributed by atoms with Crippen LogP contribution in [0.2, 0.25) is 0 Å². The number of carboxylic acids is 1. The van der Waals surface area contributed by atoms with Gasteiger partial charge in [-0.05, 0) is 35.9 Å². The van der Waals surface area contributed by atoms with Gasteiger partial charge in [-0.1, -0.05) is 36.1 Å². The highest BCUT2D eigenvalue weighted by atomic mass is 32.2. The van der Waals surface area contributed by atoms with E-state index in [-0.39, 0.29) is 18.9 Å². The van der Waals surface area contributed by atoms with Crippen molar-refractivity contribution in [2.75, 3.05) is 6.61 Å². The second-order valence-corrected chi connectivity index (χ2v) is 7.09. The lowest BCUT2D eigenvalue weighted by Gasteiger charge is -2.12. The molecule has 0 bridgehead atoms. The van der Waals surface area contributed by atoms with Crippen molar-refractivity contribution in [3.05, 3.63) is 58.9 Å². The second kappa shape index (κ2) is 8.20. The van der Waals surface area contributed by atoms with Crippen molar-refractivity contribution >= 4 is 46.3 Å². The Morgan fingerprint density at radius 3 is 2.92 bits per heavy atom. The molecule has 6 nitrogen and oxygen atoms in total. The predicted molar refractivity (Wildman–Crippen MR) is 102 cm³/mol. The normalized spacial score (nSPS) is 15.7. The number of ether oxygens (including phenoxy) is 1. The predicted octanol–water partition coefficient (Wildman–Crippen LogP) is 3.53. The number of thioether (sulfide) groups is 1. The minimum Gasteiger partial charge on any atom is -0.493 e. The van der Waals surface area contributed by atoms with Gasteiger partial charge in [-0.15, -0.1) is 0 Å². The van der Waals surface area contributed by atoms with E-state index >= 15 is 0 Å². The maximum atomic E-state index is 12.6. The molecule has 26 heavy (non-hydrogen) atoms.